The van der Waals surface area contributed by atoms with Gasteiger partial charge in [0.15, 0.2) is 5.03 Å². The molecule has 3 rings (SSSR count). The first-order valence-corrected chi connectivity index (χ1v) is 12.0. The zero-order valence-corrected chi connectivity index (χ0v) is 19.1. The van der Waals surface area contributed by atoms with Gasteiger partial charge in [-0.15, -0.1) is 0 Å². The summed E-state index contributed by atoms with van der Waals surface area (Å²) in [6.45, 7) is 2.07. The minimum Gasteiger partial charge on any atom is -0.468 e. The summed E-state index contributed by atoms with van der Waals surface area (Å²) in [5.74, 6) is -0.575. The monoisotopic (exact) mass is 456 g/mol. The third kappa shape index (κ3) is 5.60. The molecule has 170 valence electrons. The van der Waals surface area contributed by atoms with Crippen molar-refractivity contribution in [2.45, 2.75) is 50.2 Å². The molecule has 0 aliphatic heterocycles. The van der Waals surface area contributed by atoms with Gasteiger partial charge in [-0.25, -0.2) is 18.1 Å². The van der Waals surface area contributed by atoms with Crippen molar-refractivity contribution in [3.63, 3.8) is 0 Å². The summed E-state index contributed by atoms with van der Waals surface area (Å²) in [5.41, 5.74) is 1.59. The van der Waals surface area contributed by atoms with Gasteiger partial charge in [0.1, 0.15) is 6.04 Å². The number of hydrogen-bond donors (Lipinski definition) is 0. The Kier molecular flexibility index (Phi) is 8.13. The number of aromatic nitrogens is 3. The van der Waals surface area contributed by atoms with Crippen molar-refractivity contribution in [3.8, 4) is 5.69 Å². The second kappa shape index (κ2) is 11.0. The average molecular weight is 457 g/mol. The summed E-state index contributed by atoms with van der Waals surface area (Å²) >= 11 is 0. The molecule has 0 N–H and O–H groups in total. The van der Waals surface area contributed by atoms with Crippen LogP contribution in [0.3, 0.4) is 0 Å². The lowest BCUT2D eigenvalue weighted by Gasteiger charge is -2.29. The number of esters is 1. The van der Waals surface area contributed by atoms with Crippen LogP contribution in [0.4, 0.5) is 0 Å². The van der Waals surface area contributed by atoms with Crippen LogP contribution in [-0.2, 0) is 26.1 Å². The second-order valence-corrected chi connectivity index (χ2v) is 9.21. The molecule has 2 heterocycles. The molecule has 0 radical (unpaired) electrons. The summed E-state index contributed by atoms with van der Waals surface area (Å²) in [5, 5.41) is 4.10. The third-order valence-electron chi connectivity index (χ3n) is 5.16. The van der Waals surface area contributed by atoms with Crippen molar-refractivity contribution >= 4 is 16.0 Å². The van der Waals surface area contributed by atoms with Gasteiger partial charge in [0.2, 0.25) is 0 Å². The summed E-state index contributed by atoms with van der Waals surface area (Å²) in [4.78, 5) is 16.7. The minimum atomic E-state index is -4.04. The van der Waals surface area contributed by atoms with E-state index in [2.05, 4.69) is 17.0 Å². The van der Waals surface area contributed by atoms with Gasteiger partial charge in [0.05, 0.1) is 12.8 Å². The van der Waals surface area contributed by atoms with Crippen LogP contribution in [0, 0.1) is 0 Å². The lowest BCUT2D eigenvalue weighted by Crippen LogP contribution is -2.45. The highest BCUT2D eigenvalue weighted by molar-refractivity contribution is 7.89. The Morgan fingerprint density at radius 2 is 1.88 bits per heavy atom. The molecule has 1 unspecified atom stereocenters. The quantitative estimate of drug-likeness (QED) is 0.323. The van der Waals surface area contributed by atoms with Crippen LogP contribution in [0.2, 0.25) is 0 Å². The summed E-state index contributed by atoms with van der Waals surface area (Å²) in [6.07, 6.45) is 7.87. The number of carbonyl (C=O) groups is 1. The fraction of sp³-hybridized carbons (Fsp3) is 0.348. The Bertz CT molecular complexity index is 1080. The first-order chi connectivity index (χ1) is 15.5. The molecule has 0 fully saturated rings. The van der Waals surface area contributed by atoms with E-state index in [4.69, 9.17) is 4.74 Å². The molecule has 0 aliphatic carbocycles. The fourth-order valence-corrected chi connectivity index (χ4v) is 4.97. The van der Waals surface area contributed by atoms with Crippen LogP contribution < -0.4 is 0 Å². The highest BCUT2D eigenvalue weighted by Gasteiger charge is 2.37. The molecule has 8 nitrogen and oxygen atoms in total. The highest BCUT2D eigenvalue weighted by Crippen LogP contribution is 2.24. The molecule has 32 heavy (non-hydrogen) atoms. The number of rotatable bonds is 11. The fourth-order valence-electron chi connectivity index (χ4n) is 3.44. The molecular formula is C23H28N4O4S. The lowest BCUT2D eigenvalue weighted by molar-refractivity contribution is -0.145. The van der Waals surface area contributed by atoms with Gasteiger partial charge in [-0.2, -0.15) is 9.40 Å². The smallest absolute Gasteiger partial charge is 0.324 e. The van der Waals surface area contributed by atoms with E-state index >= 15 is 0 Å². The molecular weight excluding hydrogens is 428 g/mol. The molecule has 3 aromatic rings. The summed E-state index contributed by atoms with van der Waals surface area (Å²) in [7, 11) is -2.76. The van der Waals surface area contributed by atoms with Crippen molar-refractivity contribution in [1.29, 1.82) is 0 Å². The zero-order valence-electron chi connectivity index (χ0n) is 18.3. The van der Waals surface area contributed by atoms with Crippen molar-refractivity contribution < 1.29 is 17.9 Å². The Balaban J connectivity index is 1.96. The number of benzene rings is 1. The summed E-state index contributed by atoms with van der Waals surface area (Å²) in [6, 6.07) is 13.0. The molecule has 0 spiro atoms. The lowest BCUT2D eigenvalue weighted by atomic mass is 10.1. The van der Waals surface area contributed by atoms with Gasteiger partial charge in [-0.3, -0.25) is 4.79 Å². The molecule has 1 atom stereocenters. The van der Waals surface area contributed by atoms with Gasteiger partial charge < -0.3 is 4.74 Å². The van der Waals surface area contributed by atoms with Gasteiger partial charge in [0.25, 0.3) is 10.0 Å². The Hall–Kier alpha value is -3.04. The topological polar surface area (TPSA) is 94.4 Å². The second-order valence-electron chi connectivity index (χ2n) is 7.37. The molecule has 0 saturated heterocycles. The van der Waals surface area contributed by atoms with Crippen molar-refractivity contribution in [2.24, 2.45) is 0 Å². The van der Waals surface area contributed by atoms with E-state index < -0.39 is 22.0 Å². The average Bonchev–Trinajstić information content (AvgIpc) is 3.36. The first kappa shape index (κ1) is 23.6. The minimum absolute atomic E-state index is 0.0180. The van der Waals surface area contributed by atoms with Crippen LogP contribution in [0.25, 0.3) is 5.69 Å². The van der Waals surface area contributed by atoms with Gasteiger partial charge in [0, 0.05) is 25.1 Å². The Labute approximate surface area is 188 Å². The Morgan fingerprint density at radius 3 is 2.47 bits per heavy atom. The number of carbonyl (C=O) groups excluding carboxylic acids is 1. The van der Waals surface area contributed by atoms with Gasteiger partial charge >= 0.3 is 5.97 Å². The van der Waals surface area contributed by atoms with Crippen LogP contribution in [0.15, 0.2) is 72.1 Å². The molecule has 0 bridgehead atoms. The van der Waals surface area contributed by atoms with Gasteiger partial charge in [-0.05, 0) is 42.3 Å². The number of unbranched alkanes of at least 4 members (excludes halogenated alkanes) is 2. The van der Waals surface area contributed by atoms with E-state index in [1.165, 1.54) is 23.7 Å². The molecule has 0 saturated carbocycles. The SMILES string of the molecule is CCCCCC(C(=O)OC)N(Cc1ccc(-n2cccn2)cc1)S(=O)(=O)c1ccccn1. The number of methoxy groups -OCH3 is 1. The molecule has 1 aromatic carbocycles. The summed E-state index contributed by atoms with van der Waals surface area (Å²) < 4.78 is 35.0. The van der Waals surface area contributed by atoms with E-state index in [0.717, 1.165) is 24.1 Å². The van der Waals surface area contributed by atoms with Crippen LogP contribution in [-0.4, -0.2) is 46.6 Å². The molecule has 0 aliphatic rings. The zero-order chi connectivity index (χ0) is 23.0. The largest absolute Gasteiger partial charge is 0.468 e. The first-order valence-electron chi connectivity index (χ1n) is 10.6. The Morgan fingerprint density at radius 1 is 1.09 bits per heavy atom. The maximum atomic E-state index is 13.5. The standard InChI is InChI=1S/C23H28N4O4S/c1-3-4-5-9-21(23(28)31-2)27(32(29,30)22-10-6-7-15-24-22)18-19-11-13-20(14-12-19)26-17-8-16-25-26/h6-8,10-17,21H,3-5,9,18H2,1-2H3. The van der Waals surface area contributed by atoms with E-state index in [0.29, 0.717) is 12.8 Å². The van der Waals surface area contributed by atoms with E-state index in [1.807, 2.05) is 36.5 Å². The van der Waals surface area contributed by atoms with Crippen molar-refractivity contribution in [2.75, 3.05) is 7.11 Å². The van der Waals surface area contributed by atoms with Gasteiger partial charge in [-0.1, -0.05) is 44.4 Å². The normalized spacial score (nSPS) is 12.6. The molecule has 0 amide bonds. The number of sulfonamides is 1. The van der Waals surface area contributed by atoms with Crippen LogP contribution in [0.5, 0.6) is 0 Å². The number of pyridine rings is 1. The highest BCUT2D eigenvalue weighted by atomic mass is 32.2. The van der Waals surface area contributed by atoms with Crippen LogP contribution >= 0.6 is 0 Å². The van der Waals surface area contributed by atoms with E-state index in [-0.39, 0.29) is 11.6 Å². The predicted molar refractivity (Wildman–Crippen MR) is 120 cm³/mol. The number of ether oxygens (including phenoxy) is 1. The number of hydrogen-bond acceptors (Lipinski definition) is 6. The van der Waals surface area contributed by atoms with E-state index in [1.54, 1.807) is 23.0 Å². The third-order valence-corrected chi connectivity index (χ3v) is 6.93. The predicted octanol–water partition coefficient (Wildman–Crippen LogP) is 3.58. The van der Waals surface area contributed by atoms with E-state index in [9.17, 15) is 13.2 Å². The molecule has 2 aromatic heterocycles. The molecule has 9 heteroatoms. The number of nitrogens with zero attached hydrogens (tertiary/aromatic N) is 4. The maximum Gasteiger partial charge on any atom is 0.324 e. The van der Waals surface area contributed by atoms with Crippen molar-refractivity contribution in [1.82, 2.24) is 19.1 Å². The van der Waals surface area contributed by atoms with Crippen LogP contribution in [0.1, 0.15) is 38.2 Å². The maximum absolute atomic E-state index is 13.5. The van der Waals surface area contributed by atoms with Crippen molar-refractivity contribution in [3.05, 3.63) is 72.7 Å².